The third kappa shape index (κ3) is 3.95. The lowest BCUT2D eigenvalue weighted by atomic mass is 10.0. The molecule has 0 aliphatic rings. The molecule has 1 aromatic carbocycles. The van der Waals surface area contributed by atoms with Crippen molar-refractivity contribution in [1.29, 1.82) is 0 Å². The summed E-state index contributed by atoms with van der Waals surface area (Å²) in [7, 11) is 0. The molecule has 0 fully saturated rings. The third-order valence-corrected chi connectivity index (χ3v) is 3.52. The van der Waals surface area contributed by atoms with E-state index >= 15 is 0 Å². The maximum Gasteiger partial charge on any atom is 0.253 e. The summed E-state index contributed by atoms with van der Waals surface area (Å²) >= 11 is 5.80. The van der Waals surface area contributed by atoms with Crippen molar-refractivity contribution in [1.82, 2.24) is 10.3 Å². The fraction of sp³-hybridized carbons (Fsp3) is 0.250. The zero-order valence-corrected chi connectivity index (χ0v) is 12.8. The van der Waals surface area contributed by atoms with Crippen LogP contribution < -0.4 is 11.1 Å². The average molecular weight is 304 g/mol. The Labute approximate surface area is 129 Å². The van der Waals surface area contributed by atoms with E-state index in [2.05, 4.69) is 29.4 Å². The number of hydrogen-bond acceptors (Lipinski definition) is 3. The molecule has 1 amide bonds. The second-order valence-corrected chi connectivity index (χ2v) is 5.49. The molecule has 0 radical (unpaired) electrons. The van der Waals surface area contributed by atoms with E-state index in [0.717, 1.165) is 6.42 Å². The van der Waals surface area contributed by atoms with Gasteiger partial charge in [-0.15, -0.1) is 0 Å². The molecule has 0 aliphatic carbocycles. The van der Waals surface area contributed by atoms with Gasteiger partial charge in [-0.2, -0.15) is 0 Å². The summed E-state index contributed by atoms with van der Waals surface area (Å²) < 4.78 is 0. The molecule has 1 atom stereocenters. The Bertz CT molecular complexity index is 658. The number of carbonyl (C=O) groups excluding carboxylic acids is 1. The van der Waals surface area contributed by atoms with Crippen LogP contribution >= 0.6 is 11.6 Å². The van der Waals surface area contributed by atoms with E-state index in [1.54, 1.807) is 0 Å². The first kappa shape index (κ1) is 15.3. The SMILES string of the molecule is Cc1ccccc1CC(C)NC(=O)c1cc(Cl)ncc1N. The molecule has 2 aromatic rings. The second-order valence-electron chi connectivity index (χ2n) is 5.10. The third-order valence-electron chi connectivity index (χ3n) is 3.31. The number of aromatic nitrogens is 1. The van der Waals surface area contributed by atoms with Crippen LogP contribution in [-0.2, 0) is 6.42 Å². The first-order valence-electron chi connectivity index (χ1n) is 6.73. The number of rotatable bonds is 4. The standard InChI is InChI=1S/C16H18ClN3O/c1-10-5-3-4-6-12(10)7-11(2)20-16(21)13-8-15(17)19-9-14(13)18/h3-6,8-9,11H,7,18H2,1-2H3,(H,20,21). The van der Waals surface area contributed by atoms with E-state index < -0.39 is 0 Å². The number of nitrogens with zero attached hydrogens (tertiary/aromatic N) is 1. The Balaban J connectivity index is 2.06. The van der Waals surface area contributed by atoms with Crippen molar-refractivity contribution in [3.05, 3.63) is 58.4 Å². The number of nitrogen functional groups attached to an aromatic ring is 1. The Kier molecular flexibility index (Phi) is 4.81. The Morgan fingerprint density at radius 1 is 1.43 bits per heavy atom. The van der Waals surface area contributed by atoms with Crippen LogP contribution in [0.15, 0.2) is 36.5 Å². The smallest absolute Gasteiger partial charge is 0.253 e. The van der Waals surface area contributed by atoms with Gasteiger partial charge in [0.25, 0.3) is 5.91 Å². The molecule has 5 heteroatoms. The highest BCUT2D eigenvalue weighted by molar-refractivity contribution is 6.29. The average Bonchev–Trinajstić information content (AvgIpc) is 2.44. The van der Waals surface area contributed by atoms with Crippen LogP contribution in [0.2, 0.25) is 5.15 Å². The first-order valence-corrected chi connectivity index (χ1v) is 7.11. The molecule has 1 heterocycles. The zero-order valence-electron chi connectivity index (χ0n) is 12.1. The van der Waals surface area contributed by atoms with Gasteiger partial charge >= 0.3 is 0 Å². The van der Waals surface area contributed by atoms with Gasteiger partial charge in [0.05, 0.1) is 17.4 Å². The Morgan fingerprint density at radius 3 is 2.86 bits per heavy atom. The lowest BCUT2D eigenvalue weighted by Gasteiger charge is -2.16. The number of benzene rings is 1. The lowest BCUT2D eigenvalue weighted by molar-refractivity contribution is 0.0941. The van der Waals surface area contributed by atoms with Gasteiger partial charge < -0.3 is 11.1 Å². The highest BCUT2D eigenvalue weighted by Crippen LogP contribution is 2.15. The van der Waals surface area contributed by atoms with Gasteiger partial charge in [-0.05, 0) is 37.5 Å². The predicted molar refractivity (Wildman–Crippen MR) is 85.5 cm³/mol. The van der Waals surface area contributed by atoms with Gasteiger partial charge in [0.2, 0.25) is 0 Å². The molecule has 1 aromatic heterocycles. The fourth-order valence-electron chi connectivity index (χ4n) is 2.16. The van der Waals surface area contributed by atoms with Crippen molar-refractivity contribution in [3.63, 3.8) is 0 Å². The van der Waals surface area contributed by atoms with E-state index in [1.807, 2.05) is 19.1 Å². The number of amides is 1. The van der Waals surface area contributed by atoms with Crippen molar-refractivity contribution in [2.45, 2.75) is 26.3 Å². The van der Waals surface area contributed by atoms with Crippen molar-refractivity contribution >= 4 is 23.2 Å². The molecule has 2 rings (SSSR count). The minimum Gasteiger partial charge on any atom is -0.397 e. The van der Waals surface area contributed by atoms with Gasteiger partial charge in [-0.3, -0.25) is 4.79 Å². The monoisotopic (exact) mass is 303 g/mol. The van der Waals surface area contributed by atoms with Crippen LogP contribution in [0.3, 0.4) is 0 Å². The fourth-order valence-corrected chi connectivity index (χ4v) is 2.32. The lowest BCUT2D eigenvalue weighted by Crippen LogP contribution is -2.34. The molecule has 21 heavy (non-hydrogen) atoms. The minimum absolute atomic E-state index is 0.00931. The summed E-state index contributed by atoms with van der Waals surface area (Å²) in [6.45, 7) is 4.02. The summed E-state index contributed by atoms with van der Waals surface area (Å²) in [5, 5.41) is 3.19. The van der Waals surface area contributed by atoms with Crippen LogP contribution in [0.4, 0.5) is 5.69 Å². The van der Waals surface area contributed by atoms with Crippen LogP contribution in [0, 0.1) is 6.92 Å². The second kappa shape index (κ2) is 6.59. The predicted octanol–water partition coefficient (Wildman–Crippen LogP) is 2.99. The molecule has 4 nitrogen and oxygen atoms in total. The minimum atomic E-state index is -0.238. The van der Waals surface area contributed by atoms with Crippen LogP contribution in [0.5, 0.6) is 0 Å². The topological polar surface area (TPSA) is 68.0 Å². The van der Waals surface area contributed by atoms with Crippen LogP contribution in [0.1, 0.15) is 28.4 Å². The van der Waals surface area contributed by atoms with Gasteiger partial charge in [0.1, 0.15) is 5.15 Å². The molecule has 0 saturated carbocycles. The molecular formula is C16H18ClN3O. The summed E-state index contributed by atoms with van der Waals surface area (Å²) in [6, 6.07) is 9.59. The van der Waals surface area contributed by atoms with Gasteiger partial charge in [0.15, 0.2) is 0 Å². The Morgan fingerprint density at radius 2 is 2.14 bits per heavy atom. The number of carbonyl (C=O) groups is 1. The largest absolute Gasteiger partial charge is 0.397 e. The summed E-state index contributed by atoms with van der Waals surface area (Å²) in [4.78, 5) is 16.1. The normalized spacial score (nSPS) is 12.0. The van der Waals surface area contributed by atoms with Crippen molar-refractivity contribution in [2.75, 3.05) is 5.73 Å². The Hall–Kier alpha value is -2.07. The van der Waals surface area contributed by atoms with Gasteiger partial charge in [0, 0.05) is 6.04 Å². The maximum absolute atomic E-state index is 12.2. The number of aryl methyl sites for hydroxylation is 1. The van der Waals surface area contributed by atoms with Crippen molar-refractivity contribution in [3.8, 4) is 0 Å². The van der Waals surface area contributed by atoms with Gasteiger partial charge in [-0.25, -0.2) is 4.98 Å². The number of halogens is 1. The number of anilines is 1. The first-order chi connectivity index (χ1) is 9.97. The highest BCUT2D eigenvalue weighted by atomic mass is 35.5. The molecule has 0 bridgehead atoms. The number of pyridine rings is 1. The van der Waals surface area contributed by atoms with Crippen molar-refractivity contribution < 1.29 is 4.79 Å². The summed E-state index contributed by atoms with van der Waals surface area (Å²) in [5.74, 6) is -0.238. The van der Waals surface area contributed by atoms with Crippen LogP contribution in [0.25, 0.3) is 0 Å². The molecule has 0 saturated heterocycles. The maximum atomic E-state index is 12.2. The molecule has 0 aliphatic heterocycles. The quantitative estimate of drug-likeness (QED) is 0.853. The number of nitrogens with two attached hydrogens (primary N) is 1. The molecular weight excluding hydrogens is 286 g/mol. The summed E-state index contributed by atoms with van der Waals surface area (Å²) in [6.07, 6.45) is 2.15. The number of hydrogen-bond donors (Lipinski definition) is 2. The van der Waals surface area contributed by atoms with E-state index in [-0.39, 0.29) is 17.1 Å². The highest BCUT2D eigenvalue weighted by Gasteiger charge is 2.14. The van der Waals surface area contributed by atoms with E-state index in [1.165, 1.54) is 23.4 Å². The van der Waals surface area contributed by atoms with Crippen LogP contribution in [-0.4, -0.2) is 16.9 Å². The number of nitrogens with one attached hydrogen (secondary N) is 1. The summed E-state index contributed by atoms with van der Waals surface area (Å²) in [5.41, 5.74) is 8.86. The van der Waals surface area contributed by atoms with E-state index in [9.17, 15) is 4.79 Å². The van der Waals surface area contributed by atoms with E-state index in [0.29, 0.717) is 11.3 Å². The molecule has 3 N–H and O–H groups in total. The molecule has 0 spiro atoms. The molecule has 1 unspecified atom stereocenters. The van der Waals surface area contributed by atoms with Crippen molar-refractivity contribution in [2.24, 2.45) is 0 Å². The van der Waals surface area contributed by atoms with Gasteiger partial charge in [-0.1, -0.05) is 35.9 Å². The zero-order chi connectivity index (χ0) is 15.4. The molecule has 110 valence electrons. The van der Waals surface area contributed by atoms with E-state index in [4.69, 9.17) is 17.3 Å².